The molecule has 0 radical (unpaired) electrons. The third-order valence-corrected chi connectivity index (χ3v) is 3.33. The molecule has 1 aliphatic rings. The van der Waals surface area contributed by atoms with E-state index in [4.69, 9.17) is 10.5 Å². The Bertz CT molecular complexity index is 347. The number of hydrogen-bond acceptors (Lipinski definition) is 4. The number of pyridine rings is 1. The molecule has 1 fully saturated rings. The topological polar surface area (TPSA) is 65.2 Å². The SMILES string of the molecule is NC(=O)c1ccc(O[C@H]2CCSC2)nc1. The van der Waals surface area contributed by atoms with Crippen LogP contribution in [0.1, 0.15) is 16.8 Å². The number of primary amides is 1. The lowest BCUT2D eigenvalue weighted by atomic mass is 10.3. The van der Waals surface area contributed by atoms with Gasteiger partial charge in [0, 0.05) is 18.0 Å². The molecule has 2 heterocycles. The predicted molar refractivity (Wildman–Crippen MR) is 59.1 cm³/mol. The molecule has 2 rings (SSSR count). The summed E-state index contributed by atoms with van der Waals surface area (Å²) >= 11 is 1.88. The van der Waals surface area contributed by atoms with E-state index in [1.807, 2.05) is 11.8 Å². The average molecular weight is 224 g/mol. The predicted octanol–water partition coefficient (Wildman–Crippen LogP) is 1.06. The number of hydrogen-bond donors (Lipinski definition) is 1. The van der Waals surface area contributed by atoms with Gasteiger partial charge in [-0.25, -0.2) is 4.98 Å². The molecule has 0 aromatic carbocycles. The molecule has 0 spiro atoms. The number of aromatic nitrogens is 1. The zero-order chi connectivity index (χ0) is 10.7. The third kappa shape index (κ3) is 2.62. The third-order valence-electron chi connectivity index (χ3n) is 2.20. The molecule has 1 aromatic heterocycles. The molecular weight excluding hydrogens is 212 g/mol. The minimum Gasteiger partial charge on any atom is -0.473 e. The Hall–Kier alpha value is -1.23. The molecule has 1 aliphatic heterocycles. The first-order chi connectivity index (χ1) is 7.25. The normalized spacial score (nSPS) is 20.1. The lowest BCUT2D eigenvalue weighted by Gasteiger charge is -2.10. The van der Waals surface area contributed by atoms with E-state index in [1.165, 1.54) is 6.20 Å². The summed E-state index contributed by atoms with van der Waals surface area (Å²) in [6.07, 6.45) is 2.76. The Morgan fingerprint density at radius 1 is 1.60 bits per heavy atom. The van der Waals surface area contributed by atoms with E-state index in [0.29, 0.717) is 11.4 Å². The number of nitrogens with zero attached hydrogens (tertiary/aromatic N) is 1. The summed E-state index contributed by atoms with van der Waals surface area (Å²) in [5, 5.41) is 0. The molecule has 1 amide bonds. The molecule has 1 atom stereocenters. The Balaban J connectivity index is 2.00. The first-order valence-corrected chi connectivity index (χ1v) is 5.91. The molecular formula is C10H12N2O2S. The maximum atomic E-state index is 10.8. The van der Waals surface area contributed by atoms with Gasteiger partial charge in [-0.1, -0.05) is 0 Å². The summed E-state index contributed by atoms with van der Waals surface area (Å²) in [6.45, 7) is 0. The van der Waals surface area contributed by atoms with Gasteiger partial charge in [0.05, 0.1) is 5.56 Å². The second-order valence-corrected chi connectivity index (χ2v) is 4.50. The highest BCUT2D eigenvalue weighted by Crippen LogP contribution is 2.21. The van der Waals surface area contributed by atoms with E-state index < -0.39 is 5.91 Å². The van der Waals surface area contributed by atoms with Crippen LogP contribution in [-0.4, -0.2) is 28.5 Å². The van der Waals surface area contributed by atoms with Crippen molar-refractivity contribution < 1.29 is 9.53 Å². The van der Waals surface area contributed by atoms with E-state index in [9.17, 15) is 4.79 Å². The van der Waals surface area contributed by atoms with Crippen LogP contribution in [0.4, 0.5) is 0 Å². The fourth-order valence-electron chi connectivity index (χ4n) is 1.37. The quantitative estimate of drug-likeness (QED) is 0.834. The maximum absolute atomic E-state index is 10.8. The van der Waals surface area contributed by atoms with Gasteiger partial charge in [0.25, 0.3) is 0 Å². The van der Waals surface area contributed by atoms with Crippen LogP contribution in [0, 0.1) is 0 Å². The number of rotatable bonds is 3. The van der Waals surface area contributed by atoms with Crippen molar-refractivity contribution in [3.8, 4) is 5.88 Å². The molecule has 1 saturated heterocycles. The highest BCUT2D eigenvalue weighted by atomic mass is 32.2. The van der Waals surface area contributed by atoms with Crippen molar-refractivity contribution in [3.63, 3.8) is 0 Å². The van der Waals surface area contributed by atoms with Crippen LogP contribution in [0.25, 0.3) is 0 Å². The monoisotopic (exact) mass is 224 g/mol. The Morgan fingerprint density at radius 3 is 3.00 bits per heavy atom. The lowest BCUT2D eigenvalue weighted by Crippen LogP contribution is -2.16. The van der Waals surface area contributed by atoms with Crippen molar-refractivity contribution >= 4 is 17.7 Å². The average Bonchev–Trinajstić information content (AvgIpc) is 2.71. The van der Waals surface area contributed by atoms with Crippen molar-refractivity contribution in [1.29, 1.82) is 0 Å². The maximum Gasteiger partial charge on any atom is 0.250 e. The smallest absolute Gasteiger partial charge is 0.250 e. The number of carbonyl (C=O) groups is 1. The van der Waals surface area contributed by atoms with Crippen LogP contribution in [0.3, 0.4) is 0 Å². The Morgan fingerprint density at radius 2 is 2.47 bits per heavy atom. The van der Waals surface area contributed by atoms with Crippen molar-refractivity contribution in [2.45, 2.75) is 12.5 Å². The van der Waals surface area contributed by atoms with Crippen molar-refractivity contribution in [1.82, 2.24) is 4.98 Å². The van der Waals surface area contributed by atoms with Crippen molar-refractivity contribution in [2.75, 3.05) is 11.5 Å². The summed E-state index contributed by atoms with van der Waals surface area (Å²) < 4.78 is 5.63. The minimum absolute atomic E-state index is 0.252. The molecule has 0 saturated carbocycles. The van der Waals surface area contributed by atoms with E-state index >= 15 is 0 Å². The molecule has 1 aromatic rings. The standard InChI is InChI=1S/C10H12N2O2S/c11-10(13)7-1-2-9(12-5-7)14-8-3-4-15-6-8/h1-2,5,8H,3-4,6H2,(H2,11,13)/t8-/m0/s1. The molecule has 2 N–H and O–H groups in total. The molecule has 5 heteroatoms. The summed E-state index contributed by atoms with van der Waals surface area (Å²) in [5.41, 5.74) is 5.51. The van der Waals surface area contributed by atoms with Crippen LogP contribution >= 0.6 is 11.8 Å². The van der Waals surface area contributed by atoms with Gasteiger partial charge < -0.3 is 10.5 Å². The minimum atomic E-state index is -0.467. The largest absolute Gasteiger partial charge is 0.473 e. The molecule has 15 heavy (non-hydrogen) atoms. The zero-order valence-electron chi connectivity index (χ0n) is 8.18. The Labute approximate surface area is 92.2 Å². The van der Waals surface area contributed by atoms with Crippen LogP contribution in [-0.2, 0) is 0 Å². The second kappa shape index (κ2) is 4.53. The van der Waals surface area contributed by atoms with Gasteiger partial charge in [-0.15, -0.1) is 0 Å². The van der Waals surface area contributed by atoms with Crippen molar-refractivity contribution in [3.05, 3.63) is 23.9 Å². The van der Waals surface area contributed by atoms with Gasteiger partial charge in [0.15, 0.2) is 0 Å². The lowest BCUT2D eigenvalue weighted by molar-refractivity contribution is 0.1000. The van der Waals surface area contributed by atoms with Gasteiger partial charge in [0.1, 0.15) is 6.10 Å². The molecule has 0 unspecified atom stereocenters. The highest BCUT2D eigenvalue weighted by molar-refractivity contribution is 7.99. The number of thioether (sulfide) groups is 1. The highest BCUT2D eigenvalue weighted by Gasteiger charge is 2.17. The Kier molecular flexibility index (Phi) is 3.11. The molecule has 80 valence electrons. The van der Waals surface area contributed by atoms with E-state index in [-0.39, 0.29) is 6.10 Å². The number of nitrogens with two attached hydrogens (primary N) is 1. The van der Waals surface area contributed by atoms with Gasteiger partial charge >= 0.3 is 0 Å². The van der Waals surface area contributed by atoms with Crippen LogP contribution in [0.5, 0.6) is 5.88 Å². The summed E-state index contributed by atoms with van der Waals surface area (Å²) in [5.74, 6) is 2.25. The zero-order valence-corrected chi connectivity index (χ0v) is 9.00. The van der Waals surface area contributed by atoms with E-state index in [1.54, 1.807) is 12.1 Å². The second-order valence-electron chi connectivity index (χ2n) is 3.35. The first-order valence-electron chi connectivity index (χ1n) is 4.76. The molecule has 0 bridgehead atoms. The van der Waals surface area contributed by atoms with Crippen molar-refractivity contribution in [2.24, 2.45) is 5.73 Å². The fourth-order valence-corrected chi connectivity index (χ4v) is 2.47. The van der Waals surface area contributed by atoms with Gasteiger partial charge in [-0.3, -0.25) is 4.79 Å². The van der Waals surface area contributed by atoms with E-state index in [0.717, 1.165) is 17.9 Å². The first kappa shape index (κ1) is 10.3. The fraction of sp³-hybridized carbons (Fsp3) is 0.400. The summed E-state index contributed by atoms with van der Waals surface area (Å²) in [6, 6.07) is 3.32. The van der Waals surface area contributed by atoms with Gasteiger partial charge in [0.2, 0.25) is 11.8 Å². The molecule has 0 aliphatic carbocycles. The van der Waals surface area contributed by atoms with Gasteiger partial charge in [-0.05, 0) is 18.2 Å². The van der Waals surface area contributed by atoms with Crippen LogP contribution in [0.2, 0.25) is 0 Å². The van der Waals surface area contributed by atoms with Crippen LogP contribution in [0.15, 0.2) is 18.3 Å². The van der Waals surface area contributed by atoms with Gasteiger partial charge in [-0.2, -0.15) is 11.8 Å². The molecule has 4 nitrogen and oxygen atoms in total. The summed E-state index contributed by atoms with van der Waals surface area (Å²) in [7, 11) is 0. The number of ether oxygens (including phenoxy) is 1. The summed E-state index contributed by atoms with van der Waals surface area (Å²) in [4.78, 5) is 14.8. The van der Waals surface area contributed by atoms with Crippen LogP contribution < -0.4 is 10.5 Å². The number of carbonyl (C=O) groups excluding carboxylic acids is 1. The van der Waals surface area contributed by atoms with E-state index in [2.05, 4.69) is 4.98 Å². The number of amides is 1.